The molecule has 20 heavy (non-hydrogen) atoms. The first-order valence-electron chi connectivity index (χ1n) is 5.88. The molecule has 5 heteroatoms. The zero-order valence-corrected chi connectivity index (χ0v) is 12.2. The first-order valence-corrected chi connectivity index (χ1v) is 6.63. The molecular weight excluding hydrogens is 299 g/mol. The third-order valence-electron chi connectivity index (χ3n) is 2.83. The maximum absolute atomic E-state index is 10.9. The summed E-state index contributed by atoms with van der Waals surface area (Å²) in [6.45, 7) is 2.10. The van der Waals surface area contributed by atoms with Crippen molar-refractivity contribution >= 4 is 29.2 Å². The van der Waals surface area contributed by atoms with Crippen molar-refractivity contribution in [3.05, 3.63) is 63.1 Å². The number of carbonyl (C=O) groups is 1. The molecular formula is C15H12Cl2O3. The van der Waals surface area contributed by atoms with Crippen molar-refractivity contribution in [2.45, 2.75) is 13.5 Å². The molecule has 2 rings (SSSR count). The van der Waals surface area contributed by atoms with E-state index in [0.717, 1.165) is 11.1 Å². The third kappa shape index (κ3) is 3.44. The van der Waals surface area contributed by atoms with Crippen LogP contribution in [0.3, 0.4) is 0 Å². The van der Waals surface area contributed by atoms with E-state index >= 15 is 0 Å². The Morgan fingerprint density at radius 1 is 1.20 bits per heavy atom. The number of aromatic carboxylic acids is 1. The second-order valence-corrected chi connectivity index (χ2v) is 5.15. The van der Waals surface area contributed by atoms with E-state index in [2.05, 4.69) is 0 Å². The highest BCUT2D eigenvalue weighted by Gasteiger charge is 2.08. The molecule has 0 saturated carbocycles. The third-order valence-corrected chi connectivity index (χ3v) is 3.42. The molecule has 1 N–H and O–H groups in total. The average Bonchev–Trinajstić information content (AvgIpc) is 2.39. The summed E-state index contributed by atoms with van der Waals surface area (Å²) >= 11 is 11.9. The van der Waals surface area contributed by atoms with Crippen LogP contribution in [-0.2, 0) is 6.61 Å². The lowest BCUT2D eigenvalue weighted by Crippen LogP contribution is -2.01. The molecule has 0 spiro atoms. The maximum atomic E-state index is 10.9. The predicted molar refractivity (Wildman–Crippen MR) is 78.9 cm³/mol. The van der Waals surface area contributed by atoms with Gasteiger partial charge in [-0.25, -0.2) is 4.79 Å². The van der Waals surface area contributed by atoms with Gasteiger partial charge in [-0.15, -0.1) is 0 Å². The van der Waals surface area contributed by atoms with E-state index in [-0.39, 0.29) is 12.2 Å². The number of carboxylic acids is 1. The Kier molecular flexibility index (Phi) is 4.53. The lowest BCUT2D eigenvalue weighted by molar-refractivity contribution is 0.0696. The largest absolute Gasteiger partial charge is 0.489 e. The second kappa shape index (κ2) is 6.16. The number of hydrogen-bond donors (Lipinski definition) is 1. The Hall–Kier alpha value is -1.71. The zero-order valence-electron chi connectivity index (χ0n) is 10.7. The van der Waals surface area contributed by atoms with E-state index in [1.54, 1.807) is 30.3 Å². The molecule has 0 amide bonds. The molecule has 0 saturated heterocycles. The minimum absolute atomic E-state index is 0.188. The van der Waals surface area contributed by atoms with E-state index in [1.807, 2.05) is 6.92 Å². The molecule has 2 aromatic rings. The maximum Gasteiger partial charge on any atom is 0.335 e. The number of carboxylic acid groups (broad SMARTS) is 1. The van der Waals surface area contributed by atoms with Crippen molar-refractivity contribution in [3.63, 3.8) is 0 Å². The standard InChI is InChI=1S/C15H12Cl2O3/c1-9-2-3-10(15(18)19)6-14(9)20-8-11-4-5-12(16)7-13(11)17/h2-7H,8H2,1H3,(H,18,19). The first kappa shape index (κ1) is 14.7. The number of benzene rings is 2. The summed E-state index contributed by atoms with van der Waals surface area (Å²) in [5.41, 5.74) is 1.84. The highest BCUT2D eigenvalue weighted by atomic mass is 35.5. The summed E-state index contributed by atoms with van der Waals surface area (Å²) < 4.78 is 5.64. The Labute approximate surface area is 126 Å². The van der Waals surface area contributed by atoms with Crippen molar-refractivity contribution in [2.24, 2.45) is 0 Å². The Balaban J connectivity index is 2.18. The molecule has 2 aromatic carbocycles. The molecule has 104 valence electrons. The van der Waals surface area contributed by atoms with Gasteiger partial charge < -0.3 is 9.84 Å². The monoisotopic (exact) mass is 310 g/mol. The molecule has 0 aromatic heterocycles. The molecule has 0 aliphatic carbocycles. The molecule has 0 fully saturated rings. The van der Waals surface area contributed by atoms with Crippen LogP contribution in [0.1, 0.15) is 21.5 Å². The summed E-state index contributed by atoms with van der Waals surface area (Å²) in [6.07, 6.45) is 0. The van der Waals surface area contributed by atoms with Gasteiger partial charge in [-0.2, -0.15) is 0 Å². The number of rotatable bonds is 4. The summed E-state index contributed by atoms with van der Waals surface area (Å²) in [4.78, 5) is 10.9. The zero-order chi connectivity index (χ0) is 14.7. The molecule has 0 aliphatic rings. The topological polar surface area (TPSA) is 46.5 Å². The lowest BCUT2D eigenvalue weighted by atomic mass is 10.1. The van der Waals surface area contributed by atoms with Crippen molar-refractivity contribution in [1.82, 2.24) is 0 Å². The van der Waals surface area contributed by atoms with E-state index in [4.69, 9.17) is 33.0 Å². The fraction of sp³-hybridized carbons (Fsp3) is 0.133. The number of hydrogen-bond acceptors (Lipinski definition) is 2. The SMILES string of the molecule is Cc1ccc(C(=O)O)cc1OCc1ccc(Cl)cc1Cl. The molecule has 0 radical (unpaired) electrons. The lowest BCUT2D eigenvalue weighted by Gasteiger charge is -2.11. The van der Waals surface area contributed by atoms with Gasteiger partial charge in [0.2, 0.25) is 0 Å². The normalized spacial score (nSPS) is 10.3. The predicted octanol–water partition coefficient (Wildman–Crippen LogP) is 4.58. The van der Waals surface area contributed by atoms with Crippen LogP contribution in [0.25, 0.3) is 0 Å². The van der Waals surface area contributed by atoms with Crippen LogP contribution in [0.4, 0.5) is 0 Å². The fourth-order valence-electron chi connectivity index (χ4n) is 1.68. The van der Waals surface area contributed by atoms with Gasteiger partial charge in [0.25, 0.3) is 0 Å². The quantitative estimate of drug-likeness (QED) is 0.899. The van der Waals surface area contributed by atoms with E-state index in [0.29, 0.717) is 15.8 Å². The Morgan fingerprint density at radius 2 is 1.95 bits per heavy atom. The smallest absolute Gasteiger partial charge is 0.335 e. The van der Waals surface area contributed by atoms with Gasteiger partial charge in [-0.1, -0.05) is 35.3 Å². The minimum Gasteiger partial charge on any atom is -0.489 e. The summed E-state index contributed by atoms with van der Waals surface area (Å²) in [5, 5.41) is 10.0. The van der Waals surface area contributed by atoms with Crippen molar-refractivity contribution < 1.29 is 14.6 Å². The molecule has 0 unspecified atom stereocenters. The van der Waals surface area contributed by atoms with Gasteiger partial charge >= 0.3 is 5.97 Å². The van der Waals surface area contributed by atoms with E-state index in [9.17, 15) is 4.79 Å². The molecule has 0 aliphatic heterocycles. The summed E-state index contributed by atoms with van der Waals surface area (Å²) in [7, 11) is 0. The van der Waals surface area contributed by atoms with Gasteiger partial charge in [0.15, 0.2) is 0 Å². The van der Waals surface area contributed by atoms with Gasteiger partial charge in [-0.3, -0.25) is 0 Å². The van der Waals surface area contributed by atoms with Gasteiger partial charge in [0.05, 0.1) is 5.56 Å². The van der Waals surface area contributed by atoms with Crippen LogP contribution in [0.5, 0.6) is 5.75 Å². The minimum atomic E-state index is -0.987. The Bertz CT molecular complexity index is 654. The highest BCUT2D eigenvalue weighted by molar-refractivity contribution is 6.35. The van der Waals surface area contributed by atoms with Crippen molar-refractivity contribution in [3.8, 4) is 5.75 Å². The van der Waals surface area contributed by atoms with Crippen LogP contribution in [0, 0.1) is 6.92 Å². The molecule has 0 bridgehead atoms. The first-order chi connectivity index (χ1) is 9.47. The van der Waals surface area contributed by atoms with Crippen LogP contribution < -0.4 is 4.74 Å². The van der Waals surface area contributed by atoms with Crippen LogP contribution in [-0.4, -0.2) is 11.1 Å². The Morgan fingerprint density at radius 3 is 2.60 bits per heavy atom. The second-order valence-electron chi connectivity index (χ2n) is 4.31. The van der Waals surface area contributed by atoms with Crippen LogP contribution in [0.2, 0.25) is 10.0 Å². The summed E-state index contributed by atoms with van der Waals surface area (Å²) in [6, 6.07) is 9.90. The van der Waals surface area contributed by atoms with Crippen LogP contribution in [0.15, 0.2) is 36.4 Å². The number of ether oxygens (including phenoxy) is 1. The van der Waals surface area contributed by atoms with Crippen molar-refractivity contribution in [2.75, 3.05) is 0 Å². The van der Waals surface area contributed by atoms with Crippen LogP contribution >= 0.6 is 23.2 Å². The summed E-state index contributed by atoms with van der Waals surface area (Å²) in [5.74, 6) is -0.463. The number of halogens is 2. The highest BCUT2D eigenvalue weighted by Crippen LogP contribution is 2.25. The van der Waals surface area contributed by atoms with E-state index in [1.165, 1.54) is 6.07 Å². The van der Waals surface area contributed by atoms with Crippen molar-refractivity contribution in [1.29, 1.82) is 0 Å². The number of aryl methyl sites for hydroxylation is 1. The van der Waals surface area contributed by atoms with Gasteiger partial charge in [0, 0.05) is 15.6 Å². The average molecular weight is 311 g/mol. The molecule has 3 nitrogen and oxygen atoms in total. The molecule has 0 heterocycles. The van der Waals surface area contributed by atoms with Gasteiger partial charge in [0.1, 0.15) is 12.4 Å². The molecule has 0 atom stereocenters. The fourth-order valence-corrected chi connectivity index (χ4v) is 2.15. The van der Waals surface area contributed by atoms with E-state index < -0.39 is 5.97 Å². The van der Waals surface area contributed by atoms with Gasteiger partial charge in [-0.05, 0) is 36.8 Å².